The monoisotopic (exact) mass is 259 g/mol. The smallest absolute Gasteiger partial charge is 0.225 e. The minimum absolute atomic E-state index is 0.385. The van der Waals surface area contributed by atoms with Crippen molar-refractivity contribution in [2.75, 3.05) is 18.4 Å². The SMILES string of the molecule is O=C(C1CCC1)N1CCC(CBr)CC1. The molecular weight excluding hydrogens is 242 g/mol. The van der Waals surface area contributed by atoms with E-state index in [2.05, 4.69) is 20.8 Å². The zero-order valence-electron chi connectivity index (χ0n) is 8.54. The van der Waals surface area contributed by atoms with Crippen LogP contribution in [0.3, 0.4) is 0 Å². The molecule has 1 saturated carbocycles. The van der Waals surface area contributed by atoms with Crippen LogP contribution in [0.2, 0.25) is 0 Å². The van der Waals surface area contributed by atoms with Gasteiger partial charge in [-0.15, -0.1) is 0 Å². The van der Waals surface area contributed by atoms with Crippen LogP contribution in [0.5, 0.6) is 0 Å². The Labute approximate surface area is 94.2 Å². The Kier molecular flexibility index (Phi) is 3.47. The number of rotatable bonds is 2. The molecule has 0 radical (unpaired) electrons. The summed E-state index contributed by atoms with van der Waals surface area (Å²) in [5, 5.41) is 1.10. The fourth-order valence-corrected chi connectivity index (χ4v) is 2.87. The van der Waals surface area contributed by atoms with Gasteiger partial charge in [-0.1, -0.05) is 22.4 Å². The number of likely N-dealkylation sites (tertiary alicyclic amines) is 1. The normalized spacial score (nSPS) is 24.8. The standard InChI is InChI=1S/C11H18BrNO/c12-8-9-4-6-13(7-5-9)11(14)10-2-1-3-10/h9-10H,1-8H2. The molecule has 1 heterocycles. The minimum Gasteiger partial charge on any atom is -0.342 e. The maximum absolute atomic E-state index is 11.9. The Hall–Kier alpha value is -0.0500. The number of hydrogen-bond donors (Lipinski definition) is 0. The molecule has 0 aromatic carbocycles. The van der Waals surface area contributed by atoms with Gasteiger partial charge in [-0.05, 0) is 31.6 Å². The van der Waals surface area contributed by atoms with Gasteiger partial charge in [-0.25, -0.2) is 0 Å². The number of piperidine rings is 1. The maximum Gasteiger partial charge on any atom is 0.225 e. The van der Waals surface area contributed by atoms with Crippen molar-refractivity contribution in [3.63, 3.8) is 0 Å². The predicted molar refractivity (Wildman–Crippen MR) is 60.4 cm³/mol. The summed E-state index contributed by atoms with van der Waals surface area (Å²) < 4.78 is 0. The molecule has 1 amide bonds. The fraction of sp³-hybridized carbons (Fsp3) is 0.909. The summed E-state index contributed by atoms with van der Waals surface area (Å²) in [6.07, 6.45) is 5.90. The number of carbonyl (C=O) groups excluding carboxylic acids is 1. The van der Waals surface area contributed by atoms with E-state index in [4.69, 9.17) is 0 Å². The first-order chi connectivity index (χ1) is 6.81. The molecule has 0 N–H and O–H groups in total. The topological polar surface area (TPSA) is 20.3 Å². The summed E-state index contributed by atoms with van der Waals surface area (Å²) in [4.78, 5) is 14.0. The van der Waals surface area contributed by atoms with Gasteiger partial charge in [-0.3, -0.25) is 4.79 Å². The molecule has 1 aliphatic heterocycles. The maximum atomic E-state index is 11.9. The van der Waals surface area contributed by atoms with Crippen molar-refractivity contribution in [3.05, 3.63) is 0 Å². The van der Waals surface area contributed by atoms with Crippen LogP contribution in [0, 0.1) is 11.8 Å². The van der Waals surface area contributed by atoms with E-state index in [9.17, 15) is 4.79 Å². The lowest BCUT2D eigenvalue weighted by atomic mass is 9.83. The molecular formula is C11H18BrNO. The Bertz CT molecular complexity index is 207. The zero-order chi connectivity index (χ0) is 9.97. The molecule has 1 saturated heterocycles. The van der Waals surface area contributed by atoms with Crippen LogP contribution in [-0.4, -0.2) is 29.2 Å². The molecule has 2 rings (SSSR count). The van der Waals surface area contributed by atoms with E-state index < -0.39 is 0 Å². The third kappa shape index (κ3) is 2.13. The lowest BCUT2D eigenvalue weighted by Crippen LogP contribution is -2.43. The molecule has 0 aromatic heterocycles. The second kappa shape index (κ2) is 4.65. The largest absolute Gasteiger partial charge is 0.342 e. The summed E-state index contributed by atoms with van der Waals surface area (Å²) in [5.74, 6) is 1.61. The van der Waals surface area contributed by atoms with Crippen molar-refractivity contribution in [2.45, 2.75) is 32.1 Å². The Morgan fingerprint density at radius 2 is 1.86 bits per heavy atom. The molecule has 2 nitrogen and oxygen atoms in total. The van der Waals surface area contributed by atoms with Gasteiger partial charge >= 0.3 is 0 Å². The van der Waals surface area contributed by atoms with Gasteiger partial charge in [0, 0.05) is 24.3 Å². The highest BCUT2D eigenvalue weighted by Gasteiger charge is 2.31. The Morgan fingerprint density at radius 3 is 2.29 bits per heavy atom. The van der Waals surface area contributed by atoms with Crippen molar-refractivity contribution in [3.8, 4) is 0 Å². The molecule has 0 spiro atoms. The molecule has 0 atom stereocenters. The summed E-state index contributed by atoms with van der Waals surface area (Å²) >= 11 is 3.52. The van der Waals surface area contributed by atoms with Crippen LogP contribution in [-0.2, 0) is 4.79 Å². The number of nitrogens with zero attached hydrogens (tertiary/aromatic N) is 1. The van der Waals surface area contributed by atoms with Gasteiger partial charge in [0.1, 0.15) is 0 Å². The lowest BCUT2D eigenvalue weighted by molar-refractivity contribution is -0.139. The molecule has 0 aromatic rings. The number of halogens is 1. The average Bonchev–Trinajstić information content (AvgIpc) is 2.15. The molecule has 14 heavy (non-hydrogen) atoms. The van der Waals surface area contributed by atoms with E-state index in [-0.39, 0.29) is 0 Å². The highest BCUT2D eigenvalue weighted by atomic mass is 79.9. The van der Waals surface area contributed by atoms with E-state index >= 15 is 0 Å². The van der Waals surface area contributed by atoms with Crippen molar-refractivity contribution in [1.82, 2.24) is 4.90 Å². The molecule has 2 fully saturated rings. The number of hydrogen-bond acceptors (Lipinski definition) is 1. The fourth-order valence-electron chi connectivity index (χ4n) is 2.22. The second-order valence-corrected chi connectivity index (χ2v) is 5.20. The average molecular weight is 260 g/mol. The first-order valence-electron chi connectivity index (χ1n) is 5.66. The summed E-state index contributed by atoms with van der Waals surface area (Å²) in [7, 11) is 0. The van der Waals surface area contributed by atoms with Gasteiger partial charge < -0.3 is 4.90 Å². The van der Waals surface area contributed by atoms with Crippen molar-refractivity contribution in [1.29, 1.82) is 0 Å². The van der Waals surface area contributed by atoms with Crippen LogP contribution < -0.4 is 0 Å². The molecule has 3 heteroatoms. The number of alkyl halides is 1. The van der Waals surface area contributed by atoms with Gasteiger partial charge in [-0.2, -0.15) is 0 Å². The second-order valence-electron chi connectivity index (χ2n) is 4.55. The van der Waals surface area contributed by atoms with E-state index in [0.29, 0.717) is 11.8 Å². The molecule has 80 valence electrons. The zero-order valence-corrected chi connectivity index (χ0v) is 10.1. The molecule has 1 aliphatic carbocycles. The van der Waals surface area contributed by atoms with E-state index in [1.165, 1.54) is 19.3 Å². The summed E-state index contributed by atoms with van der Waals surface area (Å²) in [5.41, 5.74) is 0. The Morgan fingerprint density at radius 1 is 1.21 bits per heavy atom. The molecule has 0 unspecified atom stereocenters. The van der Waals surface area contributed by atoms with Crippen LogP contribution in [0.25, 0.3) is 0 Å². The molecule has 2 aliphatic rings. The molecule has 0 bridgehead atoms. The number of amides is 1. The Balaban J connectivity index is 1.79. The van der Waals surface area contributed by atoms with Crippen LogP contribution in [0.4, 0.5) is 0 Å². The van der Waals surface area contributed by atoms with Crippen molar-refractivity contribution in [2.24, 2.45) is 11.8 Å². The van der Waals surface area contributed by atoms with E-state index in [1.54, 1.807) is 0 Å². The van der Waals surface area contributed by atoms with Gasteiger partial charge in [0.25, 0.3) is 0 Å². The highest BCUT2D eigenvalue weighted by Crippen LogP contribution is 2.30. The first kappa shape index (κ1) is 10.5. The third-order valence-electron chi connectivity index (χ3n) is 3.60. The predicted octanol–water partition coefficient (Wildman–Crippen LogP) is 2.42. The summed E-state index contributed by atoms with van der Waals surface area (Å²) in [6.45, 7) is 1.98. The first-order valence-corrected chi connectivity index (χ1v) is 6.78. The minimum atomic E-state index is 0.385. The van der Waals surface area contributed by atoms with Crippen LogP contribution >= 0.6 is 15.9 Å². The van der Waals surface area contributed by atoms with Crippen molar-refractivity contribution >= 4 is 21.8 Å². The lowest BCUT2D eigenvalue weighted by Gasteiger charge is -2.36. The van der Waals surface area contributed by atoms with Crippen LogP contribution in [0.1, 0.15) is 32.1 Å². The van der Waals surface area contributed by atoms with E-state index in [0.717, 1.165) is 37.2 Å². The van der Waals surface area contributed by atoms with Gasteiger partial charge in [0.15, 0.2) is 0 Å². The van der Waals surface area contributed by atoms with Gasteiger partial charge in [0.05, 0.1) is 0 Å². The quantitative estimate of drug-likeness (QED) is 0.698. The van der Waals surface area contributed by atoms with Gasteiger partial charge in [0.2, 0.25) is 5.91 Å². The van der Waals surface area contributed by atoms with Crippen LogP contribution in [0.15, 0.2) is 0 Å². The number of carbonyl (C=O) groups is 1. The van der Waals surface area contributed by atoms with Crippen molar-refractivity contribution < 1.29 is 4.79 Å². The highest BCUT2D eigenvalue weighted by molar-refractivity contribution is 9.09. The summed E-state index contributed by atoms with van der Waals surface area (Å²) in [6, 6.07) is 0. The van der Waals surface area contributed by atoms with E-state index in [1.807, 2.05) is 0 Å². The third-order valence-corrected chi connectivity index (χ3v) is 4.51.